The van der Waals surface area contributed by atoms with Gasteiger partial charge in [-0.2, -0.15) is 0 Å². The minimum atomic E-state index is -0.722. The standard InChI is InChI=1S/C16H13ClO3/c1-2-19-16(18)15-12-6-4-3-5-11(12)13-9-10(17)7-8-14(13)20-15/h3-9,15H,2H2,1H3. The van der Waals surface area contributed by atoms with Gasteiger partial charge in [0.1, 0.15) is 5.75 Å². The second-order valence-electron chi connectivity index (χ2n) is 4.48. The summed E-state index contributed by atoms with van der Waals surface area (Å²) in [5.74, 6) is 0.270. The summed E-state index contributed by atoms with van der Waals surface area (Å²) in [7, 11) is 0. The van der Waals surface area contributed by atoms with E-state index in [-0.39, 0.29) is 5.97 Å². The Kier molecular flexibility index (Phi) is 3.36. The number of halogens is 1. The van der Waals surface area contributed by atoms with Crippen LogP contribution in [-0.4, -0.2) is 12.6 Å². The van der Waals surface area contributed by atoms with Crippen molar-refractivity contribution in [2.45, 2.75) is 13.0 Å². The molecule has 3 nitrogen and oxygen atoms in total. The summed E-state index contributed by atoms with van der Waals surface area (Å²) < 4.78 is 10.9. The van der Waals surface area contributed by atoms with Crippen LogP contribution in [0.3, 0.4) is 0 Å². The van der Waals surface area contributed by atoms with Gasteiger partial charge in [0.25, 0.3) is 0 Å². The van der Waals surface area contributed by atoms with E-state index in [4.69, 9.17) is 21.1 Å². The van der Waals surface area contributed by atoms with Crippen molar-refractivity contribution in [3.63, 3.8) is 0 Å². The van der Waals surface area contributed by atoms with E-state index in [1.165, 1.54) is 0 Å². The molecule has 0 saturated carbocycles. The van der Waals surface area contributed by atoms with Gasteiger partial charge in [0.15, 0.2) is 0 Å². The average molecular weight is 289 g/mol. The van der Waals surface area contributed by atoms with Crippen LogP contribution < -0.4 is 4.74 Å². The first-order valence-electron chi connectivity index (χ1n) is 6.43. The first-order valence-corrected chi connectivity index (χ1v) is 6.80. The molecule has 1 aliphatic rings. The predicted molar refractivity (Wildman–Crippen MR) is 76.9 cm³/mol. The molecule has 2 aromatic carbocycles. The van der Waals surface area contributed by atoms with E-state index in [0.717, 1.165) is 16.7 Å². The molecular weight excluding hydrogens is 276 g/mol. The number of esters is 1. The van der Waals surface area contributed by atoms with Gasteiger partial charge in [-0.25, -0.2) is 4.79 Å². The maximum Gasteiger partial charge on any atom is 0.352 e. The summed E-state index contributed by atoms with van der Waals surface area (Å²) in [6.07, 6.45) is -0.722. The van der Waals surface area contributed by atoms with Crippen molar-refractivity contribution < 1.29 is 14.3 Å². The molecule has 0 N–H and O–H groups in total. The smallest absolute Gasteiger partial charge is 0.352 e. The Morgan fingerprint density at radius 3 is 2.85 bits per heavy atom. The largest absolute Gasteiger partial charge is 0.473 e. The summed E-state index contributed by atoms with van der Waals surface area (Å²) in [5.41, 5.74) is 2.66. The van der Waals surface area contributed by atoms with E-state index in [0.29, 0.717) is 17.4 Å². The fourth-order valence-corrected chi connectivity index (χ4v) is 2.54. The molecule has 20 heavy (non-hydrogen) atoms. The number of ether oxygens (including phenoxy) is 2. The minimum Gasteiger partial charge on any atom is -0.473 e. The molecule has 0 fully saturated rings. The molecule has 1 heterocycles. The van der Waals surface area contributed by atoms with E-state index in [2.05, 4.69) is 0 Å². The summed E-state index contributed by atoms with van der Waals surface area (Å²) >= 11 is 6.04. The molecule has 0 spiro atoms. The third kappa shape index (κ3) is 2.14. The van der Waals surface area contributed by atoms with Crippen LogP contribution >= 0.6 is 11.6 Å². The summed E-state index contributed by atoms with van der Waals surface area (Å²) in [5, 5.41) is 0.636. The number of benzene rings is 2. The molecule has 1 unspecified atom stereocenters. The van der Waals surface area contributed by atoms with Gasteiger partial charge in [0, 0.05) is 16.1 Å². The van der Waals surface area contributed by atoms with Gasteiger partial charge >= 0.3 is 5.97 Å². The molecule has 1 atom stereocenters. The molecule has 2 aromatic rings. The second-order valence-corrected chi connectivity index (χ2v) is 4.91. The van der Waals surface area contributed by atoms with E-state index >= 15 is 0 Å². The number of fused-ring (bicyclic) bond motifs is 3. The van der Waals surface area contributed by atoms with Crippen LogP contribution in [0, 0.1) is 0 Å². The van der Waals surface area contributed by atoms with Crippen LogP contribution in [0.2, 0.25) is 5.02 Å². The number of carbonyl (C=O) groups is 1. The van der Waals surface area contributed by atoms with Crippen LogP contribution in [0.4, 0.5) is 0 Å². The van der Waals surface area contributed by atoms with Gasteiger partial charge in [-0.15, -0.1) is 0 Å². The molecule has 0 aliphatic carbocycles. The normalized spacial score (nSPS) is 15.8. The molecule has 0 amide bonds. The molecule has 0 aromatic heterocycles. The topological polar surface area (TPSA) is 35.5 Å². The fraction of sp³-hybridized carbons (Fsp3) is 0.188. The zero-order valence-electron chi connectivity index (χ0n) is 10.9. The van der Waals surface area contributed by atoms with E-state index in [9.17, 15) is 4.79 Å². The van der Waals surface area contributed by atoms with E-state index in [1.54, 1.807) is 19.1 Å². The molecule has 1 aliphatic heterocycles. The Balaban J connectivity index is 2.13. The molecule has 0 saturated heterocycles. The molecular formula is C16H13ClO3. The highest BCUT2D eigenvalue weighted by Crippen LogP contribution is 2.43. The van der Waals surface area contributed by atoms with Crippen LogP contribution in [0.25, 0.3) is 11.1 Å². The van der Waals surface area contributed by atoms with Crippen molar-refractivity contribution in [3.8, 4) is 16.9 Å². The molecule has 3 rings (SSSR count). The number of hydrogen-bond acceptors (Lipinski definition) is 3. The van der Waals surface area contributed by atoms with Gasteiger partial charge in [0.2, 0.25) is 6.10 Å². The zero-order chi connectivity index (χ0) is 14.1. The Morgan fingerprint density at radius 2 is 2.05 bits per heavy atom. The molecule has 0 bridgehead atoms. The summed E-state index contributed by atoms with van der Waals surface area (Å²) in [6.45, 7) is 2.11. The molecule has 4 heteroatoms. The third-order valence-electron chi connectivity index (χ3n) is 3.22. The number of carbonyl (C=O) groups excluding carboxylic acids is 1. The van der Waals surface area contributed by atoms with E-state index < -0.39 is 6.10 Å². The quantitative estimate of drug-likeness (QED) is 0.784. The summed E-state index contributed by atoms with van der Waals surface area (Å²) in [4.78, 5) is 12.1. The van der Waals surface area contributed by atoms with Crippen molar-refractivity contribution in [2.75, 3.05) is 6.61 Å². The third-order valence-corrected chi connectivity index (χ3v) is 3.46. The van der Waals surface area contributed by atoms with Crippen LogP contribution in [0.5, 0.6) is 5.75 Å². The lowest BCUT2D eigenvalue weighted by Crippen LogP contribution is -2.24. The van der Waals surface area contributed by atoms with Gasteiger partial charge in [-0.05, 0) is 30.7 Å². The minimum absolute atomic E-state index is 0.328. The first kappa shape index (κ1) is 13.0. The van der Waals surface area contributed by atoms with Gasteiger partial charge in [0.05, 0.1) is 6.61 Å². The Labute approximate surface area is 122 Å². The first-order chi connectivity index (χ1) is 9.70. The van der Waals surface area contributed by atoms with Crippen LogP contribution in [0.15, 0.2) is 42.5 Å². The lowest BCUT2D eigenvalue weighted by atomic mass is 9.93. The molecule has 102 valence electrons. The van der Waals surface area contributed by atoms with Crippen LogP contribution in [-0.2, 0) is 9.53 Å². The molecule has 0 radical (unpaired) electrons. The second kappa shape index (κ2) is 5.17. The predicted octanol–water partition coefficient (Wildman–Crippen LogP) is 4.00. The monoisotopic (exact) mass is 288 g/mol. The lowest BCUT2D eigenvalue weighted by molar-refractivity contribution is -0.151. The number of rotatable bonds is 2. The fourth-order valence-electron chi connectivity index (χ4n) is 2.37. The highest BCUT2D eigenvalue weighted by atomic mass is 35.5. The van der Waals surface area contributed by atoms with Gasteiger partial charge in [-0.1, -0.05) is 35.9 Å². The zero-order valence-corrected chi connectivity index (χ0v) is 11.7. The maximum atomic E-state index is 12.1. The Hall–Kier alpha value is -2.00. The van der Waals surface area contributed by atoms with Gasteiger partial charge in [-0.3, -0.25) is 0 Å². The highest BCUT2D eigenvalue weighted by Gasteiger charge is 2.32. The summed E-state index contributed by atoms with van der Waals surface area (Å²) in [6, 6.07) is 13.0. The Bertz CT molecular complexity index is 667. The lowest BCUT2D eigenvalue weighted by Gasteiger charge is -2.27. The van der Waals surface area contributed by atoms with Crippen molar-refractivity contribution in [1.29, 1.82) is 0 Å². The average Bonchev–Trinajstić information content (AvgIpc) is 2.47. The van der Waals surface area contributed by atoms with Crippen molar-refractivity contribution >= 4 is 17.6 Å². The van der Waals surface area contributed by atoms with E-state index in [1.807, 2.05) is 30.3 Å². The Morgan fingerprint density at radius 1 is 1.25 bits per heavy atom. The SMILES string of the molecule is CCOC(=O)C1Oc2ccc(Cl)cc2-c2ccccc21. The number of hydrogen-bond donors (Lipinski definition) is 0. The van der Waals surface area contributed by atoms with Crippen LogP contribution in [0.1, 0.15) is 18.6 Å². The van der Waals surface area contributed by atoms with Crippen molar-refractivity contribution in [2.24, 2.45) is 0 Å². The van der Waals surface area contributed by atoms with Crippen molar-refractivity contribution in [3.05, 3.63) is 53.1 Å². The van der Waals surface area contributed by atoms with Crippen molar-refractivity contribution in [1.82, 2.24) is 0 Å². The maximum absolute atomic E-state index is 12.1. The van der Waals surface area contributed by atoms with Gasteiger partial charge < -0.3 is 9.47 Å². The highest BCUT2D eigenvalue weighted by molar-refractivity contribution is 6.31.